The normalized spacial score (nSPS) is 27.6. The summed E-state index contributed by atoms with van der Waals surface area (Å²) in [6, 6.07) is 17.2. The first-order valence-electron chi connectivity index (χ1n) is 17.7. The number of carbonyl (C=O) groups is 3. The quantitative estimate of drug-likeness (QED) is 0.328. The van der Waals surface area contributed by atoms with Gasteiger partial charge in [-0.25, -0.2) is 18.4 Å². The van der Waals surface area contributed by atoms with Gasteiger partial charge in [0, 0.05) is 49.6 Å². The molecule has 51 heavy (non-hydrogen) atoms. The number of fused-ring (bicyclic) bond motifs is 3. The van der Waals surface area contributed by atoms with Crippen LogP contribution in [0.4, 0.5) is 0 Å². The Morgan fingerprint density at radius 3 is 2.53 bits per heavy atom. The average molecular weight is 716 g/mol. The molecular weight excluding hydrogens is 671 g/mol. The topological polar surface area (TPSA) is 147 Å². The van der Waals surface area contributed by atoms with Crippen molar-refractivity contribution in [3.63, 3.8) is 0 Å². The van der Waals surface area contributed by atoms with Gasteiger partial charge in [-0.15, -0.1) is 0 Å². The van der Waals surface area contributed by atoms with Crippen molar-refractivity contribution in [3.05, 3.63) is 66.7 Å². The highest BCUT2D eigenvalue weighted by atomic mass is 32.2. The number of allylic oxidation sites excluding steroid dienone is 1. The van der Waals surface area contributed by atoms with Crippen molar-refractivity contribution in [2.24, 2.45) is 17.8 Å². The molecule has 5 atom stereocenters. The number of nitrogens with one attached hydrogen (secondary N) is 2. The van der Waals surface area contributed by atoms with E-state index in [4.69, 9.17) is 14.5 Å². The summed E-state index contributed by atoms with van der Waals surface area (Å²) in [5, 5.41) is 6.60. The van der Waals surface area contributed by atoms with Crippen LogP contribution in [0.25, 0.3) is 22.2 Å². The number of aromatic nitrogens is 1. The molecular formula is C38H45N5O7S. The van der Waals surface area contributed by atoms with Crippen molar-refractivity contribution < 1.29 is 32.3 Å². The minimum atomic E-state index is -3.83. The van der Waals surface area contributed by atoms with E-state index in [1.54, 1.807) is 17.1 Å². The van der Waals surface area contributed by atoms with E-state index in [-0.39, 0.29) is 31.1 Å². The Kier molecular flexibility index (Phi) is 9.53. The molecule has 1 aromatic heterocycles. The highest BCUT2D eigenvalue weighted by Gasteiger charge is 2.62. The molecule has 13 heteroatoms. The molecule has 2 N–H and O–H groups in total. The number of rotatable bonds is 8. The number of sulfonamides is 1. The number of hydrazine groups is 1. The molecule has 0 bridgehead atoms. The number of pyridine rings is 1. The predicted molar refractivity (Wildman–Crippen MR) is 192 cm³/mol. The molecule has 0 spiro atoms. The Morgan fingerprint density at radius 2 is 1.80 bits per heavy atom. The summed E-state index contributed by atoms with van der Waals surface area (Å²) in [5.74, 6) is -2.04. The zero-order chi connectivity index (χ0) is 35.9. The molecule has 0 saturated heterocycles. The van der Waals surface area contributed by atoms with E-state index < -0.39 is 50.6 Å². The second-order valence-electron chi connectivity index (χ2n) is 14.4. The van der Waals surface area contributed by atoms with Crippen LogP contribution in [0.2, 0.25) is 0 Å². The maximum absolute atomic E-state index is 14.3. The molecule has 2 aromatic carbocycles. The molecule has 5 unspecified atom stereocenters. The molecule has 12 nitrogen and oxygen atoms in total. The lowest BCUT2D eigenvalue weighted by Crippen LogP contribution is -2.55. The van der Waals surface area contributed by atoms with Gasteiger partial charge < -0.3 is 14.8 Å². The molecule has 3 amide bonds. The maximum Gasteiger partial charge on any atom is 0.259 e. The van der Waals surface area contributed by atoms with Gasteiger partial charge in [0.15, 0.2) is 0 Å². The van der Waals surface area contributed by atoms with Crippen molar-refractivity contribution in [2.75, 3.05) is 27.7 Å². The van der Waals surface area contributed by atoms with E-state index >= 15 is 0 Å². The lowest BCUT2D eigenvalue weighted by atomic mass is 9.93. The number of benzene rings is 2. The number of carbonyl (C=O) groups excluding carboxylic acids is 3. The van der Waals surface area contributed by atoms with Crippen molar-refractivity contribution >= 4 is 38.6 Å². The standard InChI is InChI=1S/C38H45N5O7S/c1-42(2)43-18-10-5-4-9-13-25-23-38(25,37(46)41-51(47,48)28-15-16-28)40-35(44)30-19-27(20-31(30)36(43)45)50-34-22-32(24-11-7-6-8-12-24)39-33-21-26(49-3)14-17-29(33)34/h6-9,11-14,17,21-22,25,27-28,30-31H,4-5,10,15-16,18-20,23H2,1-3H3,(H,40,44)(H,41,46)/b13-9-. The van der Waals surface area contributed by atoms with Crippen LogP contribution in [0.1, 0.15) is 51.4 Å². The first-order valence-corrected chi connectivity index (χ1v) is 19.3. The molecule has 0 radical (unpaired) electrons. The second-order valence-corrected chi connectivity index (χ2v) is 16.3. The van der Waals surface area contributed by atoms with E-state index in [1.165, 1.54) is 0 Å². The maximum atomic E-state index is 14.3. The second kappa shape index (κ2) is 13.9. The van der Waals surface area contributed by atoms with Gasteiger partial charge >= 0.3 is 0 Å². The van der Waals surface area contributed by atoms with Crippen LogP contribution in [-0.4, -0.2) is 85.8 Å². The van der Waals surface area contributed by atoms with E-state index in [9.17, 15) is 22.8 Å². The van der Waals surface area contributed by atoms with Crippen LogP contribution in [0.5, 0.6) is 11.5 Å². The van der Waals surface area contributed by atoms with Gasteiger partial charge in [0.1, 0.15) is 23.1 Å². The molecule has 7 rings (SSSR count). The summed E-state index contributed by atoms with van der Waals surface area (Å²) in [6.45, 7) is 0.502. The Labute approximate surface area is 298 Å². The van der Waals surface area contributed by atoms with E-state index in [2.05, 4.69) is 10.0 Å². The van der Waals surface area contributed by atoms with Crippen LogP contribution in [0, 0.1) is 17.8 Å². The third-order valence-corrected chi connectivity index (χ3v) is 12.4. The zero-order valence-electron chi connectivity index (χ0n) is 29.2. The van der Waals surface area contributed by atoms with E-state index in [0.717, 1.165) is 30.2 Å². The lowest BCUT2D eigenvalue weighted by Gasteiger charge is -2.33. The minimum absolute atomic E-state index is 0.185. The summed E-state index contributed by atoms with van der Waals surface area (Å²) < 4.78 is 40.1. The zero-order valence-corrected chi connectivity index (χ0v) is 30.0. The number of hydrogen-bond acceptors (Lipinski definition) is 9. The Balaban J connectivity index is 1.22. The van der Waals surface area contributed by atoms with Gasteiger partial charge in [-0.05, 0) is 63.5 Å². The highest BCUT2D eigenvalue weighted by Crippen LogP contribution is 2.47. The fraction of sp³-hybridized carbons (Fsp3) is 0.474. The SMILES string of the molecule is COc1ccc2c(OC3CC4C(=O)NC5(C(=O)NS(=O)(=O)C6CC6)CC5/C=C\CCCCN(N(C)C)C(=O)C4C3)cc(-c3ccccc3)nc2c1. The third-order valence-electron chi connectivity index (χ3n) is 10.6. The van der Waals surface area contributed by atoms with Crippen LogP contribution in [-0.2, 0) is 24.4 Å². The molecule has 4 aliphatic rings. The summed E-state index contributed by atoms with van der Waals surface area (Å²) >= 11 is 0. The number of nitrogens with zero attached hydrogens (tertiary/aromatic N) is 3. The number of amides is 3. The first kappa shape index (κ1) is 34.9. The molecule has 3 fully saturated rings. The van der Waals surface area contributed by atoms with Crippen LogP contribution in [0.3, 0.4) is 0 Å². The van der Waals surface area contributed by atoms with Crippen molar-refractivity contribution in [1.82, 2.24) is 25.0 Å². The Bertz CT molecular complexity index is 1970. The van der Waals surface area contributed by atoms with Gasteiger partial charge in [-0.1, -0.05) is 42.5 Å². The minimum Gasteiger partial charge on any atom is -0.497 e. The molecule has 270 valence electrons. The van der Waals surface area contributed by atoms with Gasteiger partial charge in [0.05, 0.1) is 35.4 Å². The smallest absolute Gasteiger partial charge is 0.259 e. The monoisotopic (exact) mass is 715 g/mol. The average Bonchev–Trinajstić information content (AvgIpc) is 4.04. The Morgan fingerprint density at radius 1 is 1.04 bits per heavy atom. The Hall–Kier alpha value is -4.49. The van der Waals surface area contributed by atoms with Crippen LogP contribution < -0.4 is 19.5 Å². The fourth-order valence-corrected chi connectivity index (χ4v) is 8.81. The highest BCUT2D eigenvalue weighted by molar-refractivity contribution is 7.91. The van der Waals surface area contributed by atoms with Crippen molar-refractivity contribution in [1.29, 1.82) is 0 Å². The molecule has 3 aliphatic carbocycles. The summed E-state index contributed by atoms with van der Waals surface area (Å²) in [7, 11) is 1.40. The van der Waals surface area contributed by atoms with E-state index in [1.807, 2.05) is 80.8 Å². The number of hydrogen-bond donors (Lipinski definition) is 2. The van der Waals surface area contributed by atoms with Crippen LogP contribution in [0.15, 0.2) is 66.7 Å². The van der Waals surface area contributed by atoms with Crippen molar-refractivity contribution in [2.45, 2.75) is 68.3 Å². The molecule has 2 heterocycles. The number of methoxy groups -OCH3 is 1. The van der Waals surface area contributed by atoms with Gasteiger partial charge in [-0.2, -0.15) is 0 Å². The molecule has 1 aliphatic heterocycles. The largest absolute Gasteiger partial charge is 0.497 e. The lowest BCUT2D eigenvalue weighted by molar-refractivity contribution is -0.153. The summed E-state index contributed by atoms with van der Waals surface area (Å²) in [5.41, 5.74) is 0.885. The summed E-state index contributed by atoms with van der Waals surface area (Å²) in [6.07, 6.45) is 7.49. The molecule has 3 aromatic rings. The van der Waals surface area contributed by atoms with E-state index in [0.29, 0.717) is 42.1 Å². The van der Waals surface area contributed by atoms with Gasteiger partial charge in [0.2, 0.25) is 21.8 Å². The van der Waals surface area contributed by atoms with Gasteiger partial charge in [0.25, 0.3) is 5.91 Å². The predicted octanol–water partition coefficient (Wildman–Crippen LogP) is 4.21. The fourth-order valence-electron chi connectivity index (χ4n) is 7.45. The molecule has 3 saturated carbocycles. The number of ether oxygens (including phenoxy) is 2. The van der Waals surface area contributed by atoms with Gasteiger partial charge in [-0.3, -0.25) is 24.1 Å². The van der Waals surface area contributed by atoms with Crippen LogP contribution >= 0.6 is 0 Å². The first-order chi connectivity index (χ1) is 24.5. The third kappa shape index (κ3) is 7.18. The van der Waals surface area contributed by atoms with Crippen molar-refractivity contribution in [3.8, 4) is 22.8 Å². The summed E-state index contributed by atoms with van der Waals surface area (Å²) in [4.78, 5) is 47.2.